The van der Waals surface area contributed by atoms with Crippen molar-refractivity contribution >= 4 is 17.5 Å². The lowest BCUT2D eigenvalue weighted by Crippen LogP contribution is -2.63. The number of hydrogen-bond acceptors (Lipinski definition) is 2. The van der Waals surface area contributed by atoms with Crippen molar-refractivity contribution in [3.63, 3.8) is 0 Å². The Hall–Kier alpha value is -1.06. The first kappa shape index (κ1) is 13.9. The van der Waals surface area contributed by atoms with Gasteiger partial charge in [-0.2, -0.15) is 0 Å². The molecule has 4 heteroatoms. The van der Waals surface area contributed by atoms with E-state index in [4.69, 9.17) is 11.6 Å². The number of nitrogens with one attached hydrogen (secondary N) is 1. The quantitative estimate of drug-likeness (QED) is 0.863. The third-order valence-electron chi connectivity index (χ3n) is 4.66. The minimum Gasteiger partial charge on any atom is -0.330 e. The van der Waals surface area contributed by atoms with E-state index in [0.717, 1.165) is 38.0 Å². The molecule has 3 nitrogen and oxygen atoms in total. The summed E-state index contributed by atoms with van der Waals surface area (Å²) in [5.41, 5.74) is 0.786. The van der Waals surface area contributed by atoms with Crippen molar-refractivity contribution in [2.24, 2.45) is 0 Å². The van der Waals surface area contributed by atoms with Gasteiger partial charge in [0.05, 0.1) is 5.54 Å². The fourth-order valence-electron chi connectivity index (χ4n) is 3.57. The number of rotatable bonds is 1. The molecule has 108 valence electrons. The van der Waals surface area contributed by atoms with Crippen LogP contribution in [0.2, 0.25) is 5.02 Å². The second-order valence-corrected chi connectivity index (χ2v) is 6.36. The number of amides is 1. The number of hydrogen-bond donors (Lipinski definition) is 1. The Morgan fingerprint density at radius 3 is 2.55 bits per heavy atom. The van der Waals surface area contributed by atoms with Crippen molar-refractivity contribution in [1.29, 1.82) is 0 Å². The lowest BCUT2D eigenvalue weighted by molar-refractivity contribution is 0.0222. The summed E-state index contributed by atoms with van der Waals surface area (Å²) in [7, 11) is 0. The second-order valence-electron chi connectivity index (χ2n) is 5.93. The van der Waals surface area contributed by atoms with Crippen molar-refractivity contribution in [3.05, 3.63) is 34.9 Å². The first-order valence-corrected chi connectivity index (χ1v) is 7.87. The van der Waals surface area contributed by atoms with E-state index >= 15 is 0 Å². The van der Waals surface area contributed by atoms with Crippen LogP contribution in [0.4, 0.5) is 0 Å². The highest BCUT2D eigenvalue weighted by molar-refractivity contribution is 6.30. The molecule has 0 unspecified atom stereocenters. The van der Waals surface area contributed by atoms with Gasteiger partial charge in [-0.25, -0.2) is 0 Å². The number of benzene rings is 1. The van der Waals surface area contributed by atoms with Crippen LogP contribution in [0.1, 0.15) is 42.5 Å². The van der Waals surface area contributed by atoms with Gasteiger partial charge in [0, 0.05) is 30.2 Å². The molecular weight excluding hydrogens is 272 g/mol. The van der Waals surface area contributed by atoms with Gasteiger partial charge in [-0.3, -0.25) is 4.79 Å². The van der Waals surface area contributed by atoms with Crippen LogP contribution >= 0.6 is 11.6 Å². The van der Waals surface area contributed by atoms with E-state index in [2.05, 4.69) is 10.2 Å². The van der Waals surface area contributed by atoms with E-state index in [1.165, 1.54) is 19.3 Å². The van der Waals surface area contributed by atoms with Crippen LogP contribution in [0, 0.1) is 0 Å². The molecule has 2 aliphatic rings. The van der Waals surface area contributed by atoms with Crippen molar-refractivity contribution < 1.29 is 4.79 Å². The maximum atomic E-state index is 12.8. The van der Waals surface area contributed by atoms with Gasteiger partial charge in [0.15, 0.2) is 0 Å². The number of carbonyl (C=O) groups excluding carboxylic acids is 1. The minimum atomic E-state index is 0.0349. The smallest absolute Gasteiger partial charge is 0.254 e. The molecule has 1 saturated heterocycles. The lowest BCUT2D eigenvalue weighted by Gasteiger charge is -2.49. The van der Waals surface area contributed by atoms with Crippen LogP contribution in [0.15, 0.2) is 24.3 Å². The molecule has 1 heterocycles. The summed E-state index contributed by atoms with van der Waals surface area (Å²) in [4.78, 5) is 15.0. The molecule has 1 aliphatic carbocycles. The first-order valence-electron chi connectivity index (χ1n) is 7.50. The van der Waals surface area contributed by atoms with Crippen LogP contribution in [0.5, 0.6) is 0 Å². The highest BCUT2D eigenvalue weighted by atomic mass is 35.5. The predicted molar refractivity (Wildman–Crippen MR) is 81.2 cm³/mol. The maximum Gasteiger partial charge on any atom is 0.254 e. The van der Waals surface area contributed by atoms with Crippen LogP contribution < -0.4 is 5.32 Å². The summed E-state index contributed by atoms with van der Waals surface area (Å²) in [6.07, 6.45) is 6.00. The van der Waals surface area contributed by atoms with Crippen LogP contribution in [0.25, 0.3) is 0 Å². The molecule has 1 aliphatic heterocycles. The van der Waals surface area contributed by atoms with Gasteiger partial charge < -0.3 is 10.2 Å². The molecule has 20 heavy (non-hydrogen) atoms. The zero-order valence-corrected chi connectivity index (χ0v) is 12.5. The minimum absolute atomic E-state index is 0.0349. The van der Waals surface area contributed by atoms with E-state index in [1.807, 2.05) is 12.1 Å². The predicted octanol–water partition coefficient (Wildman–Crippen LogP) is 3.09. The summed E-state index contributed by atoms with van der Waals surface area (Å²) in [6, 6.07) is 7.27. The van der Waals surface area contributed by atoms with Crippen molar-refractivity contribution in [2.45, 2.75) is 37.6 Å². The summed E-state index contributed by atoms with van der Waals surface area (Å²) in [5, 5.41) is 4.15. The van der Waals surface area contributed by atoms with Gasteiger partial charge in [-0.15, -0.1) is 0 Å². The maximum absolute atomic E-state index is 12.8. The molecule has 0 bridgehead atoms. The third kappa shape index (κ3) is 2.57. The fourth-order valence-corrected chi connectivity index (χ4v) is 3.69. The van der Waals surface area contributed by atoms with E-state index in [0.29, 0.717) is 5.02 Å². The highest BCUT2D eigenvalue weighted by Crippen LogP contribution is 2.35. The molecule has 1 aromatic rings. The Balaban J connectivity index is 1.85. The molecule has 1 N–H and O–H groups in total. The van der Waals surface area contributed by atoms with Gasteiger partial charge in [-0.05, 0) is 37.1 Å². The molecule has 1 spiro atoms. The Morgan fingerprint density at radius 1 is 1.15 bits per heavy atom. The SMILES string of the molecule is O=C(c1ccc(Cl)cc1)N1CCNCC12CCCCC2. The fraction of sp³-hybridized carbons (Fsp3) is 0.562. The molecule has 2 fully saturated rings. The third-order valence-corrected chi connectivity index (χ3v) is 4.91. The zero-order valence-electron chi connectivity index (χ0n) is 11.7. The summed E-state index contributed by atoms with van der Waals surface area (Å²) < 4.78 is 0. The van der Waals surface area contributed by atoms with E-state index < -0.39 is 0 Å². The summed E-state index contributed by atoms with van der Waals surface area (Å²) in [5.74, 6) is 0.157. The molecule has 3 rings (SSSR count). The normalized spacial score (nSPS) is 21.9. The average molecular weight is 293 g/mol. The van der Waals surface area contributed by atoms with Gasteiger partial charge in [-0.1, -0.05) is 30.9 Å². The number of carbonyl (C=O) groups is 1. The Bertz CT molecular complexity index is 471. The van der Waals surface area contributed by atoms with Gasteiger partial charge in [0.25, 0.3) is 5.91 Å². The van der Waals surface area contributed by atoms with Crippen LogP contribution in [-0.2, 0) is 0 Å². The molecule has 0 radical (unpaired) electrons. The standard InChI is InChI=1S/C16H21ClN2O/c17-14-6-4-13(5-7-14)15(20)19-11-10-18-12-16(19)8-2-1-3-9-16/h4-7,18H,1-3,8-12H2. The number of nitrogens with zero attached hydrogens (tertiary/aromatic N) is 1. The van der Waals surface area contributed by atoms with E-state index in [-0.39, 0.29) is 11.4 Å². The second kappa shape index (κ2) is 5.74. The lowest BCUT2D eigenvalue weighted by atomic mass is 9.78. The molecule has 0 atom stereocenters. The van der Waals surface area contributed by atoms with Gasteiger partial charge in [0.2, 0.25) is 0 Å². The average Bonchev–Trinajstić information content (AvgIpc) is 2.49. The topological polar surface area (TPSA) is 32.3 Å². The van der Waals surface area contributed by atoms with Gasteiger partial charge >= 0.3 is 0 Å². The van der Waals surface area contributed by atoms with Gasteiger partial charge in [0.1, 0.15) is 0 Å². The van der Waals surface area contributed by atoms with Crippen LogP contribution in [0.3, 0.4) is 0 Å². The molecular formula is C16H21ClN2O. The largest absolute Gasteiger partial charge is 0.330 e. The summed E-state index contributed by atoms with van der Waals surface area (Å²) >= 11 is 5.91. The summed E-state index contributed by atoms with van der Waals surface area (Å²) in [6.45, 7) is 2.63. The van der Waals surface area contributed by atoms with Crippen molar-refractivity contribution in [3.8, 4) is 0 Å². The number of piperazine rings is 1. The Kier molecular flexibility index (Phi) is 3.99. The Labute approximate surface area is 125 Å². The van der Waals surface area contributed by atoms with E-state index in [1.54, 1.807) is 12.1 Å². The van der Waals surface area contributed by atoms with E-state index in [9.17, 15) is 4.79 Å². The molecule has 0 aromatic heterocycles. The van der Waals surface area contributed by atoms with Crippen LogP contribution in [-0.4, -0.2) is 36.0 Å². The Morgan fingerprint density at radius 2 is 1.85 bits per heavy atom. The molecule has 1 saturated carbocycles. The number of halogens is 1. The molecule has 1 aromatic carbocycles. The molecule has 1 amide bonds. The van der Waals surface area contributed by atoms with Crippen molar-refractivity contribution in [1.82, 2.24) is 10.2 Å². The highest BCUT2D eigenvalue weighted by Gasteiger charge is 2.42. The van der Waals surface area contributed by atoms with Crippen molar-refractivity contribution in [2.75, 3.05) is 19.6 Å². The monoisotopic (exact) mass is 292 g/mol. The first-order chi connectivity index (χ1) is 9.71. The zero-order chi connectivity index (χ0) is 14.0.